The predicted molar refractivity (Wildman–Crippen MR) is 113 cm³/mol. The molecule has 164 valence electrons. The Hall–Kier alpha value is -1.99. The van der Waals surface area contributed by atoms with Gasteiger partial charge in [0.2, 0.25) is 30.1 Å². The topological polar surface area (TPSA) is 144 Å². The lowest BCUT2D eigenvalue weighted by atomic mass is 10.2. The van der Waals surface area contributed by atoms with E-state index in [1.165, 1.54) is 40.7 Å². The van der Waals surface area contributed by atoms with Gasteiger partial charge in [0.15, 0.2) is 0 Å². The lowest BCUT2D eigenvalue weighted by Crippen LogP contribution is -2.37. The van der Waals surface area contributed by atoms with Crippen LogP contribution in [0.25, 0.3) is 0 Å². The highest BCUT2D eigenvalue weighted by atomic mass is 32.2. The first kappa shape index (κ1) is 22.7. The second-order valence-corrected chi connectivity index (χ2v) is 12.4. The number of anilines is 1. The Morgan fingerprint density at radius 2 is 1.70 bits per heavy atom. The second-order valence-electron chi connectivity index (χ2n) is 7.06. The van der Waals surface area contributed by atoms with E-state index in [2.05, 4.69) is 4.72 Å². The van der Waals surface area contributed by atoms with Crippen LogP contribution < -0.4 is 14.2 Å². The number of benzene rings is 2. The molecular weight excluding hydrogens is 450 g/mol. The maximum Gasteiger partial charge on any atom is 0.241 e. The lowest BCUT2D eigenvalue weighted by molar-refractivity contribution is 0.574. The average Bonchev–Trinajstić information content (AvgIpc) is 2.65. The number of rotatable bonds is 6. The molecule has 0 aromatic heterocycles. The minimum atomic E-state index is -3.86. The molecule has 0 amide bonds. The highest BCUT2D eigenvalue weighted by Crippen LogP contribution is 2.27. The number of sulfonamides is 3. The number of hydrogen-bond acceptors (Lipinski definition) is 6. The standard InChI is InChI=1S/C18H23N3O6S3/c1-14-12-16(21-10-2-3-11-28(21,22)23)6-9-18(14)30(26,27)20-13-15-4-7-17(8-5-15)29(19,24)25/h4-9,12,20H,2-3,10-11,13H2,1H3,(H2,19,24,25). The van der Waals surface area contributed by atoms with Crippen LogP contribution in [0.3, 0.4) is 0 Å². The van der Waals surface area contributed by atoms with Crippen molar-refractivity contribution in [2.45, 2.75) is 36.1 Å². The lowest BCUT2D eigenvalue weighted by Gasteiger charge is -2.28. The number of nitrogens with zero attached hydrogens (tertiary/aromatic N) is 1. The molecule has 0 bridgehead atoms. The Balaban J connectivity index is 1.78. The molecule has 0 unspecified atom stereocenters. The molecule has 3 N–H and O–H groups in total. The molecule has 2 aromatic rings. The summed E-state index contributed by atoms with van der Waals surface area (Å²) in [5.41, 5.74) is 1.43. The van der Waals surface area contributed by atoms with Crippen molar-refractivity contribution in [3.63, 3.8) is 0 Å². The van der Waals surface area contributed by atoms with Gasteiger partial charge in [-0.15, -0.1) is 0 Å². The van der Waals surface area contributed by atoms with Crippen molar-refractivity contribution in [2.24, 2.45) is 5.14 Å². The predicted octanol–water partition coefficient (Wildman–Crippen LogP) is 1.05. The van der Waals surface area contributed by atoms with Crippen LogP contribution in [0.15, 0.2) is 52.3 Å². The van der Waals surface area contributed by atoms with Gasteiger partial charge >= 0.3 is 0 Å². The molecule has 1 aliphatic heterocycles. The van der Waals surface area contributed by atoms with Crippen LogP contribution in [0.2, 0.25) is 0 Å². The van der Waals surface area contributed by atoms with Crippen LogP contribution in [0, 0.1) is 6.92 Å². The Morgan fingerprint density at radius 1 is 1.03 bits per heavy atom. The minimum absolute atomic E-state index is 0.0433. The average molecular weight is 474 g/mol. The van der Waals surface area contributed by atoms with E-state index in [1.807, 2.05) is 0 Å². The van der Waals surface area contributed by atoms with E-state index in [0.717, 1.165) is 6.42 Å². The van der Waals surface area contributed by atoms with Gasteiger partial charge in [-0.2, -0.15) is 0 Å². The molecule has 3 rings (SSSR count). The Morgan fingerprint density at radius 3 is 2.27 bits per heavy atom. The van der Waals surface area contributed by atoms with E-state index in [0.29, 0.717) is 29.8 Å². The summed E-state index contributed by atoms with van der Waals surface area (Å²) < 4.78 is 76.3. The molecule has 1 aliphatic rings. The van der Waals surface area contributed by atoms with Gasteiger partial charge in [-0.05, 0) is 61.2 Å². The zero-order valence-electron chi connectivity index (χ0n) is 16.3. The smallest absolute Gasteiger partial charge is 0.241 e. The van der Waals surface area contributed by atoms with Crippen LogP contribution in [0.5, 0.6) is 0 Å². The summed E-state index contributed by atoms with van der Waals surface area (Å²) in [5, 5.41) is 5.05. The monoisotopic (exact) mass is 473 g/mol. The van der Waals surface area contributed by atoms with Crippen molar-refractivity contribution in [2.75, 3.05) is 16.6 Å². The quantitative estimate of drug-likeness (QED) is 0.642. The van der Waals surface area contributed by atoms with Gasteiger partial charge in [-0.25, -0.2) is 35.1 Å². The van der Waals surface area contributed by atoms with Crippen LogP contribution >= 0.6 is 0 Å². The summed E-state index contributed by atoms with van der Waals surface area (Å²) in [7, 11) is -11.1. The van der Waals surface area contributed by atoms with Gasteiger partial charge in [-0.1, -0.05) is 12.1 Å². The highest BCUT2D eigenvalue weighted by Gasteiger charge is 2.27. The zero-order chi connectivity index (χ0) is 22.2. The number of nitrogens with one attached hydrogen (secondary N) is 1. The summed E-state index contributed by atoms with van der Waals surface area (Å²) in [6.45, 7) is 1.94. The SMILES string of the molecule is Cc1cc(N2CCCCS2(=O)=O)ccc1S(=O)(=O)NCc1ccc(S(N)(=O)=O)cc1. The molecular formula is C18H23N3O6S3. The molecule has 12 heteroatoms. The van der Waals surface area contributed by atoms with Gasteiger partial charge in [0.05, 0.1) is 21.2 Å². The van der Waals surface area contributed by atoms with Gasteiger partial charge in [0.1, 0.15) is 0 Å². The number of nitrogens with two attached hydrogens (primary N) is 1. The molecule has 0 spiro atoms. The normalized spacial score (nSPS) is 17.1. The largest absolute Gasteiger partial charge is 0.270 e. The maximum absolute atomic E-state index is 12.7. The number of hydrogen-bond donors (Lipinski definition) is 2. The molecule has 30 heavy (non-hydrogen) atoms. The van der Waals surface area contributed by atoms with E-state index in [9.17, 15) is 25.3 Å². The van der Waals surface area contributed by atoms with Crippen molar-refractivity contribution < 1.29 is 25.3 Å². The molecule has 0 atom stereocenters. The molecule has 9 nitrogen and oxygen atoms in total. The zero-order valence-corrected chi connectivity index (χ0v) is 18.7. The Kier molecular flexibility index (Phi) is 6.25. The van der Waals surface area contributed by atoms with E-state index in [1.54, 1.807) is 13.0 Å². The van der Waals surface area contributed by atoms with Crippen LogP contribution in [-0.4, -0.2) is 37.6 Å². The second kappa shape index (κ2) is 8.27. The summed E-state index contributed by atoms with van der Waals surface area (Å²) >= 11 is 0. The third-order valence-corrected chi connectivity index (χ3v) is 9.16. The summed E-state index contributed by atoms with van der Waals surface area (Å²) in [4.78, 5) is -0.0185. The first-order valence-electron chi connectivity index (χ1n) is 9.13. The highest BCUT2D eigenvalue weighted by molar-refractivity contribution is 7.92. The molecule has 0 saturated carbocycles. The van der Waals surface area contributed by atoms with Gasteiger partial charge < -0.3 is 0 Å². The van der Waals surface area contributed by atoms with E-state index < -0.39 is 30.1 Å². The molecule has 1 heterocycles. The number of aryl methyl sites for hydroxylation is 1. The fourth-order valence-corrected chi connectivity index (χ4v) is 6.61. The van der Waals surface area contributed by atoms with Crippen molar-refractivity contribution >= 4 is 35.8 Å². The van der Waals surface area contributed by atoms with E-state index >= 15 is 0 Å². The summed E-state index contributed by atoms with van der Waals surface area (Å²) in [6.07, 6.45) is 1.37. The fraction of sp³-hybridized carbons (Fsp3) is 0.333. The van der Waals surface area contributed by atoms with Crippen LogP contribution in [0.4, 0.5) is 5.69 Å². The maximum atomic E-state index is 12.7. The summed E-state index contributed by atoms with van der Waals surface area (Å²) in [5.74, 6) is 0.0813. The van der Waals surface area contributed by atoms with Crippen molar-refractivity contribution in [1.82, 2.24) is 4.72 Å². The molecule has 0 aliphatic carbocycles. The third-order valence-electron chi connectivity index (χ3n) is 4.80. The van der Waals surface area contributed by atoms with Gasteiger partial charge in [0, 0.05) is 13.1 Å². The van der Waals surface area contributed by atoms with Crippen molar-refractivity contribution in [3.05, 3.63) is 53.6 Å². The Labute approximate surface area is 177 Å². The first-order chi connectivity index (χ1) is 13.9. The molecule has 1 fully saturated rings. The third kappa shape index (κ3) is 5.01. The van der Waals surface area contributed by atoms with E-state index in [4.69, 9.17) is 5.14 Å². The van der Waals surface area contributed by atoms with Crippen LogP contribution in [0.1, 0.15) is 24.0 Å². The van der Waals surface area contributed by atoms with Gasteiger partial charge in [-0.3, -0.25) is 4.31 Å². The molecule has 1 saturated heterocycles. The van der Waals surface area contributed by atoms with Crippen molar-refractivity contribution in [3.8, 4) is 0 Å². The molecule has 2 aromatic carbocycles. The van der Waals surface area contributed by atoms with Crippen LogP contribution in [-0.2, 0) is 36.6 Å². The summed E-state index contributed by atoms with van der Waals surface area (Å²) in [6, 6.07) is 9.99. The van der Waals surface area contributed by atoms with E-state index in [-0.39, 0.29) is 22.1 Å². The first-order valence-corrected chi connectivity index (χ1v) is 13.8. The van der Waals surface area contributed by atoms with Gasteiger partial charge in [0.25, 0.3) is 0 Å². The van der Waals surface area contributed by atoms with Crippen molar-refractivity contribution in [1.29, 1.82) is 0 Å². The molecule has 0 radical (unpaired) electrons. The minimum Gasteiger partial charge on any atom is -0.270 e. The Bertz CT molecular complexity index is 1250. The number of primary sulfonamides is 1. The fourth-order valence-electron chi connectivity index (χ4n) is 3.22.